The van der Waals surface area contributed by atoms with E-state index in [-0.39, 0.29) is 60.6 Å². The number of benzene rings is 1. The van der Waals surface area contributed by atoms with Crippen LogP contribution in [0.15, 0.2) is 16.9 Å². The van der Waals surface area contributed by atoms with Gasteiger partial charge in [0.2, 0.25) is 5.91 Å². The van der Waals surface area contributed by atoms with Crippen LogP contribution in [0.25, 0.3) is 22.3 Å². The molecule has 3 aromatic rings. The molecule has 2 atom stereocenters. The lowest BCUT2D eigenvalue weighted by Gasteiger charge is -2.31. The number of nitrogens with one attached hydrogen (secondary N) is 1. The number of hydrogen-bond donors (Lipinski definition) is 2. The number of ether oxygens (including phenoxy) is 2. The summed E-state index contributed by atoms with van der Waals surface area (Å²) >= 11 is 0. The van der Waals surface area contributed by atoms with Crippen molar-refractivity contribution in [3.8, 4) is 11.4 Å². The molecule has 0 radical (unpaired) electrons. The molecule has 39 heavy (non-hydrogen) atoms. The first-order valence-electron chi connectivity index (χ1n) is 13.4. The van der Waals surface area contributed by atoms with Crippen LogP contribution in [-0.4, -0.2) is 39.7 Å². The summed E-state index contributed by atoms with van der Waals surface area (Å²) in [6.07, 6.45) is 1.96. The van der Waals surface area contributed by atoms with E-state index in [1.165, 1.54) is 6.07 Å². The average Bonchev–Trinajstić information content (AvgIpc) is 3.29. The topological polar surface area (TPSA) is 120 Å². The summed E-state index contributed by atoms with van der Waals surface area (Å²) in [5, 5.41) is 15.1. The van der Waals surface area contributed by atoms with Crippen LogP contribution in [-0.2, 0) is 44.2 Å². The number of aliphatic hydroxyl groups is 1. The quantitative estimate of drug-likeness (QED) is 0.288. The van der Waals surface area contributed by atoms with Crippen LogP contribution < -0.4 is 10.9 Å². The second-order valence-corrected chi connectivity index (χ2v) is 10.5. The number of amides is 1. The van der Waals surface area contributed by atoms with E-state index < -0.39 is 11.6 Å². The molecule has 10 heteroatoms. The number of carbonyl (C=O) groups excluding carboxylic acids is 2. The first kappa shape index (κ1) is 25.6. The van der Waals surface area contributed by atoms with Gasteiger partial charge < -0.3 is 24.5 Å². The molecule has 2 aliphatic heterocycles. The Morgan fingerprint density at radius 1 is 1.28 bits per heavy atom. The Balaban J connectivity index is 1.56. The van der Waals surface area contributed by atoms with E-state index in [1.807, 2.05) is 6.92 Å². The zero-order valence-electron chi connectivity index (χ0n) is 22.1. The van der Waals surface area contributed by atoms with Crippen molar-refractivity contribution in [2.24, 2.45) is 0 Å². The molecule has 2 N–H and O–H groups in total. The molecule has 3 aliphatic rings. The first-order valence-corrected chi connectivity index (χ1v) is 13.4. The summed E-state index contributed by atoms with van der Waals surface area (Å²) in [5.74, 6) is -1.41. The second-order valence-electron chi connectivity index (χ2n) is 10.5. The third kappa shape index (κ3) is 3.72. The van der Waals surface area contributed by atoms with Crippen molar-refractivity contribution in [2.75, 3.05) is 13.2 Å². The van der Waals surface area contributed by atoms with Gasteiger partial charge in [-0.05, 0) is 55.4 Å². The van der Waals surface area contributed by atoms with E-state index in [0.29, 0.717) is 41.9 Å². The van der Waals surface area contributed by atoms with E-state index in [2.05, 4.69) is 5.32 Å². The Hall–Kier alpha value is -3.63. The number of esters is 1. The predicted octanol–water partition coefficient (Wildman–Crippen LogP) is 3.06. The number of hydrogen-bond acceptors (Lipinski definition) is 7. The SMILES string of the molecule is CCCOCC(=O)N[C@H]1CCc2c(C)c(F)cc3nc4c(c1c23)Cn1c-4cc2c(c1=O)COC(=O)[C@]2(O)CC. The van der Waals surface area contributed by atoms with Crippen molar-refractivity contribution < 1.29 is 28.6 Å². The lowest BCUT2D eigenvalue weighted by atomic mass is 9.81. The highest BCUT2D eigenvalue weighted by atomic mass is 19.1. The van der Waals surface area contributed by atoms with Crippen LogP contribution in [0.3, 0.4) is 0 Å². The second kappa shape index (κ2) is 9.24. The highest BCUT2D eigenvalue weighted by Crippen LogP contribution is 2.45. The molecule has 0 fully saturated rings. The summed E-state index contributed by atoms with van der Waals surface area (Å²) < 4.78 is 27.2. The Morgan fingerprint density at radius 2 is 2.08 bits per heavy atom. The van der Waals surface area contributed by atoms with Crippen molar-refractivity contribution in [3.63, 3.8) is 0 Å². The molecule has 0 spiro atoms. The van der Waals surface area contributed by atoms with Gasteiger partial charge in [0, 0.05) is 29.2 Å². The molecule has 6 rings (SSSR count). The van der Waals surface area contributed by atoms with Gasteiger partial charge in [-0.3, -0.25) is 9.59 Å². The number of carbonyl (C=O) groups is 2. The summed E-state index contributed by atoms with van der Waals surface area (Å²) in [5.41, 5.74) is 2.48. The van der Waals surface area contributed by atoms with Gasteiger partial charge in [-0.2, -0.15) is 0 Å². The monoisotopic (exact) mass is 535 g/mol. The van der Waals surface area contributed by atoms with E-state index >= 15 is 0 Å². The maximum atomic E-state index is 15.0. The summed E-state index contributed by atoms with van der Waals surface area (Å²) in [6, 6.07) is 2.65. The smallest absolute Gasteiger partial charge is 0.343 e. The van der Waals surface area contributed by atoms with Crippen molar-refractivity contribution in [1.29, 1.82) is 0 Å². The Labute approximate surface area is 223 Å². The number of aryl methyl sites for hydroxylation is 1. The number of rotatable bonds is 6. The van der Waals surface area contributed by atoms with Gasteiger partial charge in [0.1, 0.15) is 19.0 Å². The maximum Gasteiger partial charge on any atom is 0.343 e. The van der Waals surface area contributed by atoms with Crippen LogP contribution in [0.1, 0.15) is 72.5 Å². The number of halogens is 1. The van der Waals surface area contributed by atoms with Gasteiger partial charge in [0.15, 0.2) is 5.60 Å². The van der Waals surface area contributed by atoms with Gasteiger partial charge in [-0.15, -0.1) is 0 Å². The zero-order valence-corrected chi connectivity index (χ0v) is 22.1. The third-order valence-corrected chi connectivity index (χ3v) is 8.29. The Kier molecular flexibility index (Phi) is 6.07. The lowest BCUT2D eigenvalue weighted by Crippen LogP contribution is -2.44. The summed E-state index contributed by atoms with van der Waals surface area (Å²) in [7, 11) is 0. The molecular formula is C29H30FN3O6. The molecular weight excluding hydrogens is 505 g/mol. The molecule has 9 nitrogen and oxygen atoms in total. The fourth-order valence-corrected chi connectivity index (χ4v) is 6.24. The Morgan fingerprint density at radius 3 is 2.82 bits per heavy atom. The summed E-state index contributed by atoms with van der Waals surface area (Å²) in [4.78, 5) is 43.8. The predicted molar refractivity (Wildman–Crippen MR) is 140 cm³/mol. The van der Waals surface area contributed by atoms with Crippen LogP contribution in [0.4, 0.5) is 4.39 Å². The standard InChI is InChI=1S/C29H30FN3O6/c1-4-8-38-13-23(34)31-20-7-6-15-14(3)19(30)10-21-24(15)25(20)16-11-33-22(26(16)32-21)9-18-17(27(33)35)12-39-28(36)29(18,37)5-2/h9-10,20,37H,4-8,11-13H2,1-3H3,(H,31,34)/t20-,29-/m0/s1. The summed E-state index contributed by atoms with van der Waals surface area (Å²) in [6.45, 7) is 5.75. The van der Waals surface area contributed by atoms with E-state index in [0.717, 1.165) is 28.5 Å². The fourth-order valence-electron chi connectivity index (χ4n) is 6.24. The highest BCUT2D eigenvalue weighted by Gasteiger charge is 2.46. The average molecular weight is 536 g/mol. The van der Waals surface area contributed by atoms with Crippen LogP contribution in [0, 0.1) is 12.7 Å². The fraction of sp³-hybridized carbons (Fsp3) is 0.448. The Bertz CT molecular complexity index is 1630. The molecule has 1 aromatic carbocycles. The minimum absolute atomic E-state index is 0.0348. The first-order chi connectivity index (χ1) is 18.7. The molecule has 2 aromatic heterocycles. The molecule has 0 unspecified atom stereocenters. The number of aromatic nitrogens is 2. The third-order valence-electron chi connectivity index (χ3n) is 8.29. The van der Waals surface area contributed by atoms with Crippen LogP contribution in [0.5, 0.6) is 0 Å². The van der Waals surface area contributed by atoms with E-state index in [1.54, 1.807) is 24.5 Å². The number of nitrogens with zero attached hydrogens (tertiary/aromatic N) is 2. The van der Waals surface area contributed by atoms with Crippen molar-refractivity contribution in [1.82, 2.24) is 14.9 Å². The molecule has 204 valence electrons. The molecule has 1 aliphatic carbocycles. The van der Waals surface area contributed by atoms with E-state index in [9.17, 15) is 23.9 Å². The van der Waals surface area contributed by atoms with Gasteiger partial charge in [-0.25, -0.2) is 14.2 Å². The highest BCUT2D eigenvalue weighted by molar-refractivity contribution is 5.94. The molecule has 0 saturated heterocycles. The number of pyridine rings is 2. The number of fused-ring (bicyclic) bond motifs is 5. The molecule has 0 saturated carbocycles. The van der Waals surface area contributed by atoms with Crippen molar-refractivity contribution in [2.45, 2.75) is 71.2 Å². The minimum atomic E-state index is -1.94. The molecule has 4 heterocycles. The minimum Gasteiger partial charge on any atom is -0.458 e. The lowest BCUT2D eigenvalue weighted by molar-refractivity contribution is -0.172. The largest absolute Gasteiger partial charge is 0.458 e. The van der Waals surface area contributed by atoms with Gasteiger partial charge in [0.05, 0.1) is 35.1 Å². The molecule has 1 amide bonds. The van der Waals surface area contributed by atoms with Gasteiger partial charge in [0.25, 0.3) is 5.56 Å². The molecule has 0 bridgehead atoms. The number of cyclic esters (lactones) is 1. The van der Waals surface area contributed by atoms with Crippen molar-refractivity contribution in [3.05, 3.63) is 61.7 Å². The normalized spacial score (nSPS) is 20.8. The van der Waals surface area contributed by atoms with Crippen LogP contribution >= 0.6 is 0 Å². The zero-order chi connectivity index (χ0) is 27.6. The van der Waals surface area contributed by atoms with Crippen molar-refractivity contribution >= 4 is 22.8 Å². The van der Waals surface area contributed by atoms with Gasteiger partial charge in [-0.1, -0.05) is 13.8 Å². The maximum absolute atomic E-state index is 15.0. The van der Waals surface area contributed by atoms with Crippen LogP contribution in [0.2, 0.25) is 0 Å². The van der Waals surface area contributed by atoms with E-state index in [4.69, 9.17) is 14.5 Å². The van der Waals surface area contributed by atoms with Gasteiger partial charge >= 0.3 is 5.97 Å².